The van der Waals surface area contributed by atoms with E-state index in [4.69, 9.17) is 10.5 Å². The first-order chi connectivity index (χ1) is 8.56. The fourth-order valence-corrected chi connectivity index (χ4v) is 2.02. The number of ether oxygens (including phenoxy) is 1. The van der Waals surface area contributed by atoms with Crippen LogP contribution in [0.25, 0.3) is 0 Å². The van der Waals surface area contributed by atoms with E-state index in [1.807, 2.05) is 19.1 Å². The maximum absolute atomic E-state index is 13.5. The molecule has 0 heterocycles. The quantitative estimate of drug-likeness (QED) is 0.868. The van der Waals surface area contributed by atoms with Crippen LogP contribution < -0.4 is 10.5 Å². The zero-order valence-electron chi connectivity index (χ0n) is 9.91. The summed E-state index contributed by atoms with van der Waals surface area (Å²) in [6.45, 7) is 2.10. The molecule has 4 heteroatoms. The normalized spacial score (nSPS) is 10.4. The fourth-order valence-electron chi connectivity index (χ4n) is 1.61. The molecule has 0 aliphatic rings. The Morgan fingerprint density at radius 1 is 1.22 bits per heavy atom. The van der Waals surface area contributed by atoms with Gasteiger partial charge >= 0.3 is 0 Å². The lowest BCUT2D eigenvalue weighted by atomic mass is 10.2. The molecular formula is C14H13BrFNO. The van der Waals surface area contributed by atoms with Crippen molar-refractivity contribution in [2.24, 2.45) is 0 Å². The number of halogens is 2. The molecule has 0 unspecified atom stereocenters. The second-order valence-electron chi connectivity index (χ2n) is 4.07. The average Bonchev–Trinajstić information content (AvgIpc) is 2.32. The van der Waals surface area contributed by atoms with E-state index in [1.165, 1.54) is 6.07 Å². The largest absolute Gasteiger partial charge is 0.487 e. The van der Waals surface area contributed by atoms with E-state index in [0.29, 0.717) is 17.0 Å². The van der Waals surface area contributed by atoms with Crippen molar-refractivity contribution in [3.8, 4) is 5.75 Å². The summed E-state index contributed by atoms with van der Waals surface area (Å²) >= 11 is 3.30. The third-order valence-electron chi connectivity index (χ3n) is 2.56. The SMILES string of the molecule is Cc1ccc(OCc2cc(Br)ccc2F)c(N)c1. The van der Waals surface area contributed by atoms with E-state index in [1.54, 1.807) is 18.2 Å². The van der Waals surface area contributed by atoms with Crippen LogP contribution in [0.5, 0.6) is 5.75 Å². The van der Waals surface area contributed by atoms with Crippen LogP contribution in [0.3, 0.4) is 0 Å². The second kappa shape index (κ2) is 5.40. The van der Waals surface area contributed by atoms with Gasteiger partial charge in [-0.2, -0.15) is 0 Å². The average molecular weight is 310 g/mol. The molecule has 2 rings (SSSR count). The summed E-state index contributed by atoms with van der Waals surface area (Å²) in [7, 11) is 0. The van der Waals surface area contributed by atoms with Crippen LogP contribution in [0.15, 0.2) is 40.9 Å². The van der Waals surface area contributed by atoms with Gasteiger partial charge in [0.1, 0.15) is 18.2 Å². The Balaban J connectivity index is 2.13. The van der Waals surface area contributed by atoms with Gasteiger partial charge in [-0.05, 0) is 42.8 Å². The predicted molar refractivity (Wildman–Crippen MR) is 74.0 cm³/mol. The molecule has 0 saturated heterocycles. The number of benzene rings is 2. The topological polar surface area (TPSA) is 35.2 Å². The third-order valence-corrected chi connectivity index (χ3v) is 3.05. The molecule has 2 aromatic carbocycles. The highest BCUT2D eigenvalue weighted by atomic mass is 79.9. The lowest BCUT2D eigenvalue weighted by Crippen LogP contribution is -2.01. The molecule has 0 fully saturated rings. The molecular weight excluding hydrogens is 297 g/mol. The van der Waals surface area contributed by atoms with Crippen molar-refractivity contribution in [1.29, 1.82) is 0 Å². The van der Waals surface area contributed by atoms with Crippen molar-refractivity contribution in [1.82, 2.24) is 0 Å². The van der Waals surface area contributed by atoms with Crippen molar-refractivity contribution >= 4 is 21.6 Å². The van der Waals surface area contributed by atoms with Gasteiger partial charge in [0.25, 0.3) is 0 Å². The van der Waals surface area contributed by atoms with Crippen LogP contribution >= 0.6 is 15.9 Å². The van der Waals surface area contributed by atoms with E-state index < -0.39 is 0 Å². The van der Waals surface area contributed by atoms with Gasteiger partial charge in [-0.15, -0.1) is 0 Å². The van der Waals surface area contributed by atoms with Gasteiger partial charge in [0.05, 0.1) is 5.69 Å². The third kappa shape index (κ3) is 3.01. The molecule has 0 spiro atoms. The minimum Gasteiger partial charge on any atom is -0.487 e. The number of aryl methyl sites for hydroxylation is 1. The molecule has 0 radical (unpaired) electrons. The van der Waals surface area contributed by atoms with Crippen molar-refractivity contribution in [3.05, 3.63) is 57.8 Å². The molecule has 2 aromatic rings. The van der Waals surface area contributed by atoms with Crippen molar-refractivity contribution < 1.29 is 9.13 Å². The summed E-state index contributed by atoms with van der Waals surface area (Å²) in [5, 5.41) is 0. The van der Waals surface area contributed by atoms with Crippen LogP contribution in [0.1, 0.15) is 11.1 Å². The minimum atomic E-state index is -0.288. The molecule has 0 aliphatic heterocycles. The first-order valence-corrected chi connectivity index (χ1v) is 6.28. The number of hydrogen-bond acceptors (Lipinski definition) is 2. The number of nitrogen functional groups attached to an aromatic ring is 1. The summed E-state index contributed by atoms with van der Waals surface area (Å²) in [5.74, 6) is 0.281. The van der Waals surface area contributed by atoms with Crippen LogP contribution in [0.2, 0.25) is 0 Å². The van der Waals surface area contributed by atoms with E-state index >= 15 is 0 Å². The Bertz CT molecular complexity index is 572. The monoisotopic (exact) mass is 309 g/mol. The van der Waals surface area contributed by atoms with Crippen molar-refractivity contribution in [2.75, 3.05) is 5.73 Å². The highest BCUT2D eigenvalue weighted by molar-refractivity contribution is 9.10. The smallest absolute Gasteiger partial charge is 0.142 e. The molecule has 0 bridgehead atoms. The first kappa shape index (κ1) is 12.9. The van der Waals surface area contributed by atoms with Gasteiger partial charge in [-0.3, -0.25) is 0 Å². The van der Waals surface area contributed by atoms with E-state index in [2.05, 4.69) is 15.9 Å². The van der Waals surface area contributed by atoms with Gasteiger partial charge in [0, 0.05) is 10.0 Å². The van der Waals surface area contributed by atoms with Crippen LogP contribution in [-0.2, 0) is 6.61 Å². The van der Waals surface area contributed by atoms with Gasteiger partial charge < -0.3 is 10.5 Å². The standard InChI is InChI=1S/C14H13BrFNO/c1-9-2-5-14(13(17)6-9)18-8-10-7-11(15)3-4-12(10)16/h2-7H,8,17H2,1H3. The summed E-state index contributed by atoms with van der Waals surface area (Å²) in [4.78, 5) is 0. The highest BCUT2D eigenvalue weighted by Crippen LogP contribution is 2.24. The predicted octanol–water partition coefficient (Wildman–Crippen LogP) is 4.06. The molecule has 18 heavy (non-hydrogen) atoms. The molecule has 0 atom stereocenters. The number of anilines is 1. The molecule has 0 aromatic heterocycles. The van der Waals surface area contributed by atoms with Crippen molar-refractivity contribution in [2.45, 2.75) is 13.5 Å². The van der Waals surface area contributed by atoms with Crippen LogP contribution in [0.4, 0.5) is 10.1 Å². The van der Waals surface area contributed by atoms with Crippen LogP contribution in [-0.4, -0.2) is 0 Å². The minimum absolute atomic E-state index is 0.151. The van der Waals surface area contributed by atoms with Gasteiger partial charge in [0.15, 0.2) is 0 Å². The van der Waals surface area contributed by atoms with E-state index in [0.717, 1.165) is 10.0 Å². The summed E-state index contributed by atoms with van der Waals surface area (Å²) < 4.78 is 19.9. The van der Waals surface area contributed by atoms with Gasteiger partial charge in [0.2, 0.25) is 0 Å². The summed E-state index contributed by atoms with van der Waals surface area (Å²) in [6.07, 6.45) is 0. The Morgan fingerprint density at radius 2 is 2.00 bits per heavy atom. The van der Waals surface area contributed by atoms with Crippen molar-refractivity contribution in [3.63, 3.8) is 0 Å². The fraction of sp³-hybridized carbons (Fsp3) is 0.143. The molecule has 0 saturated carbocycles. The van der Waals surface area contributed by atoms with Gasteiger partial charge in [-0.25, -0.2) is 4.39 Å². The van der Waals surface area contributed by atoms with E-state index in [-0.39, 0.29) is 12.4 Å². The lowest BCUT2D eigenvalue weighted by Gasteiger charge is -2.10. The summed E-state index contributed by atoms with van der Waals surface area (Å²) in [6, 6.07) is 10.3. The first-order valence-electron chi connectivity index (χ1n) is 5.49. The number of hydrogen-bond donors (Lipinski definition) is 1. The van der Waals surface area contributed by atoms with Gasteiger partial charge in [-0.1, -0.05) is 22.0 Å². The zero-order chi connectivity index (χ0) is 13.1. The molecule has 0 amide bonds. The Labute approximate surface area is 114 Å². The Kier molecular flexibility index (Phi) is 3.87. The second-order valence-corrected chi connectivity index (χ2v) is 4.98. The Morgan fingerprint density at radius 3 is 2.72 bits per heavy atom. The molecule has 2 nitrogen and oxygen atoms in total. The lowest BCUT2D eigenvalue weighted by molar-refractivity contribution is 0.301. The molecule has 2 N–H and O–H groups in total. The maximum atomic E-state index is 13.5. The number of rotatable bonds is 3. The highest BCUT2D eigenvalue weighted by Gasteiger charge is 2.05. The Hall–Kier alpha value is -1.55. The molecule has 0 aliphatic carbocycles. The number of nitrogens with two attached hydrogens (primary N) is 1. The van der Waals surface area contributed by atoms with E-state index in [9.17, 15) is 4.39 Å². The van der Waals surface area contributed by atoms with Crippen LogP contribution in [0, 0.1) is 12.7 Å². The summed E-state index contributed by atoms with van der Waals surface area (Å²) in [5.41, 5.74) is 7.94. The maximum Gasteiger partial charge on any atom is 0.142 e. The molecule has 94 valence electrons. The zero-order valence-corrected chi connectivity index (χ0v) is 11.5.